The number of hydrogen-bond acceptors (Lipinski definition) is 5. The molecule has 2 rings (SSSR count). The number of rotatable bonds is 7. The van der Waals surface area contributed by atoms with Crippen LogP contribution in [0.1, 0.15) is 20.3 Å². The van der Waals surface area contributed by atoms with Gasteiger partial charge < -0.3 is 9.47 Å². The quantitative estimate of drug-likeness (QED) is 0.760. The molecule has 6 nitrogen and oxygen atoms in total. The average molecular weight is 359 g/mol. The van der Waals surface area contributed by atoms with Crippen molar-refractivity contribution in [2.75, 3.05) is 19.5 Å². The molecule has 0 amide bonds. The molecule has 0 bridgehead atoms. The molecule has 0 spiro atoms. The van der Waals surface area contributed by atoms with E-state index in [2.05, 4.69) is 4.98 Å². The summed E-state index contributed by atoms with van der Waals surface area (Å²) in [4.78, 5) is 4.12. The molecule has 8 heteroatoms. The molecule has 1 aromatic carbocycles. The van der Waals surface area contributed by atoms with Gasteiger partial charge in [0.15, 0.2) is 17.3 Å². The zero-order valence-corrected chi connectivity index (χ0v) is 14.8. The van der Waals surface area contributed by atoms with Crippen molar-refractivity contribution < 1.29 is 17.9 Å². The van der Waals surface area contributed by atoms with Crippen LogP contribution < -0.4 is 9.47 Å². The van der Waals surface area contributed by atoms with Crippen LogP contribution in [0.5, 0.6) is 11.5 Å². The number of nitrogens with zero attached hydrogens (tertiary/aromatic N) is 2. The molecule has 0 N–H and O–H groups in total. The molecule has 0 aliphatic carbocycles. The number of aromatic nitrogens is 2. The molecular formula is C15H19ClN2O4S. The van der Waals surface area contributed by atoms with Crippen LogP contribution in [-0.4, -0.2) is 36.8 Å². The average Bonchev–Trinajstić information content (AvgIpc) is 2.96. The van der Waals surface area contributed by atoms with Crippen LogP contribution in [0, 0.1) is 0 Å². The van der Waals surface area contributed by atoms with Gasteiger partial charge in [0.05, 0.1) is 24.5 Å². The van der Waals surface area contributed by atoms with Gasteiger partial charge in [-0.3, -0.25) is 0 Å². The van der Waals surface area contributed by atoms with Crippen molar-refractivity contribution in [1.29, 1.82) is 0 Å². The molecule has 0 aliphatic heterocycles. The molecule has 0 atom stereocenters. The number of hydrogen-bond donors (Lipinski definition) is 0. The largest absolute Gasteiger partial charge is 0.490 e. The summed E-state index contributed by atoms with van der Waals surface area (Å²) in [5.41, 5.74) is 0.540. The van der Waals surface area contributed by atoms with E-state index in [1.165, 1.54) is 12.4 Å². The SMILES string of the molecule is CCCOc1c(Cl)cc(-c2nccn2S(C)(=O)=O)cc1OCC. The fourth-order valence-electron chi connectivity index (χ4n) is 2.07. The molecule has 2 aromatic rings. The van der Waals surface area contributed by atoms with E-state index in [0.29, 0.717) is 35.3 Å². The highest BCUT2D eigenvalue weighted by molar-refractivity contribution is 7.89. The van der Waals surface area contributed by atoms with Crippen molar-refractivity contribution in [2.45, 2.75) is 20.3 Å². The Morgan fingerprint density at radius 2 is 2.00 bits per heavy atom. The summed E-state index contributed by atoms with van der Waals surface area (Å²) >= 11 is 6.30. The summed E-state index contributed by atoms with van der Waals surface area (Å²) in [5.74, 6) is 1.19. The molecule has 23 heavy (non-hydrogen) atoms. The Labute approximate surface area is 141 Å². The van der Waals surface area contributed by atoms with Crippen molar-refractivity contribution >= 4 is 21.6 Å². The first-order valence-corrected chi connectivity index (χ1v) is 9.44. The molecule has 0 saturated carbocycles. The Morgan fingerprint density at radius 3 is 2.61 bits per heavy atom. The van der Waals surface area contributed by atoms with Gasteiger partial charge in [0.2, 0.25) is 10.0 Å². The highest BCUT2D eigenvalue weighted by Crippen LogP contribution is 2.39. The topological polar surface area (TPSA) is 70.4 Å². The zero-order chi connectivity index (χ0) is 17.0. The van der Waals surface area contributed by atoms with Crippen molar-refractivity contribution in [3.05, 3.63) is 29.5 Å². The van der Waals surface area contributed by atoms with Gasteiger partial charge in [-0.15, -0.1) is 0 Å². The highest BCUT2D eigenvalue weighted by Gasteiger charge is 2.18. The number of halogens is 1. The predicted octanol–water partition coefficient (Wildman–Crippen LogP) is 3.20. The summed E-state index contributed by atoms with van der Waals surface area (Å²) in [7, 11) is -3.46. The van der Waals surface area contributed by atoms with Crippen molar-refractivity contribution in [3.63, 3.8) is 0 Å². The minimum absolute atomic E-state index is 0.275. The van der Waals surface area contributed by atoms with Gasteiger partial charge in [-0.2, -0.15) is 0 Å². The van der Waals surface area contributed by atoms with Gasteiger partial charge in [0.1, 0.15) is 0 Å². The first kappa shape index (κ1) is 17.6. The van der Waals surface area contributed by atoms with E-state index in [0.717, 1.165) is 16.6 Å². The van der Waals surface area contributed by atoms with Gasteiger partial charge in [-0.25, -0.2) is 17.4 Å². The van der Waals surface area contributed by atoms with Crippen LogP contribution in [0.4, 0.5) is 0 Å². The second-order valence-corrected chi connectivity index (χ2v) is 7.14. The second-order valence-electron chi connectivity index (χ2n) is 4.88. The fraction of sp³-hybridized carbons (Fsp3) is 0.400. The van der Waals surface area contributed by atoms with E-state index in [-0.39, 0.29) is 5.82 Å². The van der Waals surface area contributed by atoms with E-state index >= 15 is 0 Å². The Kier molecular flexibility index (Phi) is 5.54. The summed E-state index contributed by atoms with van der Waals surface area (Å²) < 4.78 is 36.0. The summed E-state index contributed by atoms with van der Waals surface area (Å²) in [6, 6.07) is 3.31. The lowest BCUT2D eigenvalue weighted by Crippen LogP contribution is -2.10. The van der Waals surface area contributed by atoms with Crippen LogP contribution in [-0.2, 0) is 10.0 Å². The molecule has 0 radical (unpaired) electrons. The van der Waals surface area contributed by atoms with Crippen LogP contribution in [0.25, 0.3) is 11.4 Å². The number of benzene rings is 1. The Hall–Kier alpha value is -1.73. The van der Waals surface area contributed by atoms with E-state index in [1.807, 2.05) is 13.8 Å². The van der Waals surface area contributed by atoms with Crippen LogP contribution in [0.15, 0.2) is 24.5 Å². The lowest BCUT2D eigenvalue weighted by atomic mass is 10.2. The molecular weight excluding hydrogens is 340 g/mol. The summed E-state index contributed by atoms with van der Waals surface area (Å²) in [6.07, 6.45) is 4.76. The lowest BCUT2D eigenvalue weighted by molar-refractivity contribution is 0.277. The van der Waals surface area contributed by atoms with Crippen molar-refractivity contribution in [1.82, 2.24) is 8.96 Å². The molecule has 0 fully saturated rings. The Bertz CT molecular complexity index is 787. The van der Waals surface area contributed by atoms with Gasteiger partial charge in [0, 0.05) is 18.0 Å². The maximum absolute atomic E-state index is 11.8. The minimum Gasteiger partial charge on any atom is -0.490 e. The molecule has 126 valence electrons. The maximum Gasteiger partial charge on any atom is 0.237 e. The smallest absolute Gasteiger partial charge is 0.237 e. The number of imidazole rings is 1. The zero-order valence-electron chi connectivity index (χ0n) is 13.2. The predicted molar refractivity (Wildman–Crippen MR) is 89.9 cm³/mol. The van der Waals surface area contributed by atoms with Crippen LogP contribution in [0.3, 0.4) is 0 Å². The van der Waals surface area contributed by atoms with Gasteiger partial charge in [-0.05, 0) is 25.5 Å². The van der Waals surface area contributed by atoms with E-state index in [1.54, 1.807) is 12.1 Å². The maximum atomic E-state index is 11.8. The third kappa shape index (κ3) is 3.97. The molecule has 0 saturated heterocycles. The minimum atomic E-state index is -3.46. The Morgan fingerprint density at radius 1 is 1.26 bits per heavy atom. The van der Waals surface area contributed by atoms with Gasteiger partial charge >= 0.3 is 0 Å². The van der Waals surface area contributed by atoms with Crippen LogP contribution in [0.2, 0.25) is 5.02 Å². The molecule has 0 unspecified atom stereocenters. The first-order valence-electron chi connectivity index (χ1n) is 7.21. The van der Waals surface area contributed by atoms with Crippen molar-refractivity contribution in [2.24, 2.45) is 0 Å². The summed E-state index contributed by atoms with van der Waals surface area (Å²) in [5, 5.41) is 0.349. The third-order valence-corrected chi connectivity index (χ3v) is 4.27. The van der Waals surface area contributed by atoms with Crippen molar-refractivity contribution in [3.8, 4) is 22.9 Å². The van der Waals surface area contributed by atoms with Gasteiger partial charge in [0.25, 0.3) is 0 Å². The van der Waals surface area contributed by atoms with E-state index in [4.69, 9.17) is 21.1 Å². The fourth-order valence-corrected chi connectivity index (χ4v) is 3.07. The molecule has 1 heterocycles. The Balaban J connectivity index is 2.55. The monoisotopic (exact) mass is 358 g/mol. The van der Waals surface area contributed by atoms with E-state index < -0.39 is 10.0 Å². The third-order valence-electron chi connectivity index (χ3n) is 2.98. The standard InChI is InChI=1S/C15H19ClN2O4S/c1-4-8-22-14-12(16)9-11(10-13(14)21-5-2)15-17-6-7-18(15)23(3,19)20/h6-7,9-10H,4-5,8H2,1-3H3. The second kappa shape index (κ2) is 7.23. The normalized spacial score (nSPS) is 11.5. The van der Waals surface area contributed by atoms with Crippen LogP contribution >= 0.6 is 11.6 Å². The first-order chi connectivity index (χ1) is 10.9. The lowest BCUT2D eigenvalue weighted by Gasteiger charge is -2.15. The molecule has 0 aliphatic rings. The number of ether oxygens (including phenoxy) is 2. The summed E-state index contributed by atoms with van der Waals surface area (Å²) in [6.45, 7) is 4.78. The van der Waals surface area contributed by atoms with Gasteiger partial charge in [-0.1, -0.05) is 18.5 Å². The molecule has 1 aromatic heterocycles. The highest BCUT2D eigenvalue weighted by atomic mass is 35.5. The van der Waals surface area contributed by atoms with E-state index in [9.17, 15) is 8.42 Å².